The van der Waals surface area contributed by atoms with Crippen molar-refractivity contribution in [2.24, 2.45) is 0 Å². The second-order valence-corrected chi connectivity index (χ2v) is 4.47. The molecule has 0 N–H and O–H groups in total. The van der Waals surface area contributed by atoms with Gasteiger partial charge in [-0.05, 0) is 44.4 Å². The number of carbonyl (C=O) groups is 1. The number of carbonyl (C=O) groups excluding carboxylic acids is 1. The largest absolute Gasteiger partial charge is 0.336 e. The van der Waals surface area contributed by atoms with E-state index >= 15 is 0 Å². The van der Waals surface area contributed by atoms with Crippen molar-refractivity contribution >= 4 is 5.91 Å². The van der Waals surface area contributed by atoms with Crippen LogP contribution in [0.5, 0.6) is 0 Å². The Labute approximate surface area is 99.2 Å². The number of hydrogen-bond donors (Lipinski definition) is 0. The Bertz CT molecular complexity index is 433. The molecule has 2 rings (SSSR count). The summed E-state index contributed by atoms with van der Waals surface area (Å²) in [6, 6.07) is 3.08. The molecule has 1 aliphatic rings. The van der Waals surface area contributed by atoms with Gasteiger partial charge in [-0.25, -0.2) is 8.78 Å². The van der Waals surface area contributed by atoms with Gasteiger partial charge in [0.15, 0.2) is 0 Å². The minimum atomic E-state index is -0.658. The summed E-state index contributed by atoms with van der Waals surface area (Å²) < 4.78 is 26.5. The molecule has 4 heteroatoms. The molecule has 0 radical (unpaired) electrons. The first kappa shape index (κ1) is 12.0. The summed E-state index contributed by atoms with van der Waals surface area (Å²) in [5.41, 5.74) is -0.168. The summed E-state index contributed by atoms with van der Waals surface area (Å²) in [4.78, 5) is 13.7. The van der Waals surface area contributed by atoms with Crippen molar-refractivity contribution in [3.8, 4) is 0 Å². The lowest BCUT2D eigenvalue weighted by Gasteiger charge is -2.33. The van der Waals surface area contributed by atoms with Crippen LogP contribution in [0, 0.1) is 11.6 Å². The first-order valence-corrected chi connectivity index (χ1v) is 5.85. The van der Waals surface area contributed by atoms with Gasteiger partial charge in [0.2, 0.25) is 0 Å². The molecule has 92 valence electrons. The first-order valence-electron chi connectivity index (χ1n) is 5.85. The Hall–Kier alpha value is -1.45. The van der Waals surface area contributed by atoms with Crippen molar-refractivity contribution in [2.45, 2.75) is 32.2 Å². The predicted octanol–water partition coefficient (Wildman–Crippen LogP) is 2.98. The second kappa shape index (κ2) is 4.82. The molecule has 0 saturated carbocycles. The van der Waals surface area contributed by atoms with Crippen molar-refractivity contribution in [3.63, 3.8) is 0 Å². The van der Waals surface area contributed by atoms with Gasteiger partial charge in [0.05, 0.1) is 5.56 Å². The maximum Gasteiger partial charge on any atom is 0.257 e. The third-order valence-electron chi connectivity index (χ3n) is 3.22. The summed E-state index contributed by atoms with van der Waals surface area (Å²) in [6.45, 7) is 2.56. The van der Waals surface area contributed by atoms with E-state index in [2.05, 4.69) is 0 Å². The van der Waals surface area contributed by atoms with E-state index in [0.717, 1.165) is 37.5 Å². The average molecular weight is 239 g/mol. The van der Waals surface area contributed by atoms with Crippen LogP contribution in [0.25, 0.3) is 0 Å². The molecule has 1 aromatic rings. The molecule has 0 aromatic heterocycles. The number of rotatable bonds is 1. The van der Waals surface area contributed by atoms with Gasteiger partial charge in [-0.15, -0.1) is 0 Å². The van der Waals surface area contributed by atoms with Crippen LogP contribution in [0.4, 0.5) is 8.78 Å². The number of halogens is 2. The summed E-state index contributed by atoms with van der Waals surface area (Å²) >= 11 is 0. The fourth-order valence-electron chi connectivity index (χ4n) is 2.22. The maximum absolute atomic E-state index is 13.5. The van der Waals surface area contributed by atoms with Crippen LogP contribution in [-0.4, -0.2) is 23.4 Å². The molecule has 1 heterocycles. The molecule has 1 saturated heterocycles. The fourth-order valence-corrected chi connectivity index (χ4v) is 2.22. The van der Waals surface area contributed by atoms with E-state index in [-0.39, 0.29) is 11.6 Å². The highest BCUT2D eigenvalue weighted by molar-refractivity contribution is 5.94. The predicted molar refractivity (Wildman–Crippen MR) is 60.7 cm³/mol. The molecule has 1 aromatic carbocycles. The fraction of sp³-hybridized carbons (Fsp3) is 0.462. The molecular weight excluding hydrogens is 224 g/mol. The molecule has 1 atom stereocenters. The Morgan fingerprint density at radius 1 is 1.35 bits per heavy atom. The highest BCUT2D eigenvalue weighted by Gasteiger charge is 2.26. The van der Waals surface area contributed by atoms with Crippen molar-refractivity contribution in [2.75, 3.05) is 6.54 Å². The summed E-state index contributed by atoms with van der Waals surface area (Å²) in [7, 11) is 0. The smallest absolute Gasteiger partial charge is 0.257 e. The van der Waals surface area contributed by atoms with Gasteiger partial charge >= 0.3 is 0 Å². The van der Waals surface area contributed by atoms with Crippen molar-refractivity contribution in [1.82, 2.24) is 4.90 Å². The van der Waals surface area contributed by atoms with E-state index in [9.17, 15) is 13.6 Å². The summed E-state index contributed by atoms with van der Waals surface area (Å²) in [5, 5.41) is 0. The first-order chi connectivity index (χ1) is 8.09. The molecule has 17 heavy (non-hydrogen) atoms. The van der Waals surface area contributed by atoms with E-state index in [1.54, 1.807) is 4.90 Å². The number of nitrogens with zero attached hydrogens (tertiary/aromatic N) is 1. The van der Waals surface area contributed by atoms with E-state index < -0.39 is 17.5 Å². The number of likely N-dealkylation sites (tertiary alicyclic amines) is 1. The van der Waals surface area contributed by atoms with E-state index in [4.69, 9.17) is 0 Å². The van der Waals surface area contributed by atoms with Crippen LogP contribution in [0.3, 0.4) is 0 Å². The molecule has 1 aliphatic heterocycles. The number of benzene rings is 1. The lowest BCUT2D eigenvalue weighted by atomic mass is 10.0. The SMILES string of the molecule is CC1CCCCN1C(=O)c1cc(F)ccc1F. The van der Waals surface area contributed by atoms with Crippen LogP contribution < -0.4 is 0 Å². The van der Waals surface area contributed by atoms with Gasteiger partial charge in [0, 0.05) is 12.6 Å². The van der Waals surface area contributed by atoms with E-state index in [0.29, 0.717) is 6.54 Å². The monoisotopic (exact) mass is 239 g/mol. The van der Waals surface area contributed by atoms with Gasteiger partial charge in [-0.2, -0.15) is 0 Å². The number of piperidine rings is 1. The molecule has 0 spiro atoms. The van der Waals surface area contributed by atoms with Gasteiger partial charge < -0.3 is 4.90 Å². The van der Waals surface area contributed by atoms with Gasteiger partial charge in [-0.3, -0.25) is 4.79 Å². The van der Waals surface area contributed by atoms with Crippen LogP contribution in [0.2, 0.25) is 0 Å². The average Bonchev–Trinajstić information content (AvgIpc) is 2.32. The summed E-state index contributed by atoms with van der Waals surface area (Å²) in [5.74, 6) is -1.65. The van der Waals surface area contributed by atoms with Crippen LogP contribution >= 0.6 is 0 Å². The Balaban J connectivity index is 2.26. The van der Waals surface area contributed by atoms with E-state index in [1.807, 2.05) is 6.92 Å². The van der Waals surface area contributed by atoms with Crippen LogP contribution in [0.1, 0.15) is 36.5 Å². The minimum Gasteiger partial charge on any atom is -0.336 e. The van der Waals surface area contributed by atoms with Crippen LogP contribution in [-0.2, 0) is 0 Å². The lowest BCUT2D eigenvalue weighted by molar-refractivity contribution is 0.0630. The molecule has 0 bridgehead atoms. The Morgan fingerprint density at radius 2 is 2.12 bits per heavy atom. The Kier molecular flexibility index (Phi) is 3.41. The van der Waals surface area contributed by atoms with Gasteiger partial charge in [0.25, 0.3) is 5.91 Å². The van der Waals surface area contributed by atoms with E-state index in [1.165, 1.54) is 0 Å². The Morgan fingerprint density at radius 3 is 2.82 bits per heavy atom. The molecule has 1 unspecified atom stereocenters. The van der Waals surface area contributed by atoms with Gasteiger partial charge in [0.1, 0.15) is 11.6 Å². The minimum absolute atomic E-state index is 0.0962. The maximum atomic E-state index is 13.5. The molecule has 1 amide bonds. The topological polar surface area (TPSA) is 20.3 Å². The van der Waals surface area contributed by atoms with Crippen molar-refractivity contribution < 1.29 is 13.6 Å². The lowest BCUT2D eigenvalue weighted by Crippen LogP contribution is -2.42. The third-order valence-corrected chi connectivity index (χ3v) is 3.22. The summed E-state index contributed by atoms with van der Waals surface area (Å²) in [6.07, 6.45) is 2.92. The zero-order valence-electron chi connectivity index (χ0n) is 9.75. The third kappa shape index (κ3) is 2.46. The number of amides is 1. The molecule has 1 fully saturated rings. The van der Waals surface area contributed by atoms with Gasteiger partial charge in [-0.1, -0.05) is 0 Å². The molecule has 2 nitrogen and oxygen atoms in total. The second-order valence-electron chi connectivity index (χ2n) is 4.47. The molecule has 0 aliphatic carbocycles. The standard InChI is InChI=1S/C13H15F2NO/c1-9-4-2-3-7-16(9)13(17)11-8-10(14)5-6-12(11)15/h5-6,8-9H,2-4,7H2,1H3. The number of hydrogen-bond acceptors (Lipinski definition) is 1. The zero-order valence-corrected chi connectivity index (χ0v) is 9.75. The highest BCUT2D eigenvalue weighted by atomic mass is 19.1. The van der Waals surface area contributed by atoms with Crippen LogP contribution in [0.15, 0.2) is 18.2 Å². The zero-order chi connectivity index (χ0) is 12.4. The normalized spacial score (nSPS) is 20.4. The highest BCUT2D eigenvalue weighted by Crippen LogP contribution is 2.20. The molecular formula is C13H15F2NO. The van der Waals surface area contributed by atoms with Crippen molar-refractivity contribution in [3.05, 3.63) is 35.4 Å². The van der Waals surface area contributed by atoms with Crippen molar-refractivity contribution in [1.29, 1.82) is 0 Å². The quantitative estimate of drug-likeness (QED) is 0.737.